The number of hydrogen-bond donors (Lipinski definition) is 0. The predicted octanol–water partition coefficient (Wildman–Crippen LogP) is 5.55. The van der Waals surface area contributed by atoms with Gasteiger partial charge in [-0.3, -0.25) is 4.98 Å². The number of pyridine rings is 1. The Morgan fingerprint density at radius 3 is 2.56 bits per heavy atom. The van der Waals surface area contributed by atoms with E-state index in [0.717, 1.165) is 35.9 Å². The van der Waals surface area contributed by atoms with E-state index in [9.17, 15) is 0 Å². The first-order chi connectivity index (χ1) is 12.1. The Labute approximate surface area is 164 Å². The minimum Gasteiger partial charge on any atom is -0.496 e. The first-order valence-electron chi connectivity index (χ1n) is 8.40. The van der Waals surface area contributed by atoms with Gasteiger partial charge in [0.15, 0.2) is 0 Å². The van der Waals surface area contributed by atoms with E-state index in [1.165, 1.54) is 18.4 Å². The number of anilines is 1. The molecule has 133 valence electrons. The van der Waals surface area contributed by atoms with E-state index in [4.69, 9.17) is 40.6 Å². The standard InChI is InChI=1S/C19H21Cl2N2OS/c1-24-19-5-4-15(9-14(19)8-13-2-3-13)23(6-7-25)12-16-17(20)10-22-11-18(16)21/h4-5,9-11,13H,2-3,6-8,12H2,1H3. The van der Waals surface area contributed by atoms with Crippen LogP contribution in [-0.2, 0) is 13.0 Å². The number of aromatic nitrogens is 1. The van der Waals surface area contributed by atoms with Crippen molar-refractivity contribution in [1.29, 1.82) is 0 Å². The third kappa shape index (κ3) is 4.75. The molecule has 2 aromatic rings. The molecule has 1 aliphatic carbocycles. The molecule has 1 aromatic carbocycles. The van der Waals surface area contributed by atoms with Crippen LogP contribution in [0.1, 0.15) is 24.0 Å². The maximum Gasteiger partial charge on any atom is 0.122 e. The summed E-state index contributed by atoms with van der Waals surface area (Å²) in [5, 5.41) is 1.15. The zero-order valence-electron chi connectivity index (χ0n) is 14.2. The molecule has 1 fully saturated rings. The van der Waals surface area contributed by atoms with Crippen molar-refractivity contribution in [2.75, 3.05) is 24.3 Å². The summed E-state index contributed by atoms with van der Waals surface area (Å²) in [5.41, 5.74) is 3.25. The highest BCUT2D eigenvalue weighted by atomic mass is 35.5. The van der Waals surface area contributed by atoms with Gasteiger partial charge in [0.25, 0.3) is 0 Å². The second-order valence-electron chi connectivity index (χ2n) is 6.35. The van der Waals surface area contributed by atoms with Gasteiger partial charge in [-0.05, 0) is 48.9 Å². The van der Waals surface area contributed by atoms with Crippen molar-refractivity contribution >= 4 is 41.5 Å². The lowest BCUT2D eigenvalue weighted by Gasteiger charge is -2.26. The van der Waals surface area contributed by atoms with Crippen LogP contribution >= 0.6 is 35.8 Å². The highest BCUT2D eigenvalue weighted by Crippen LogP contribution is 2.37. The van der Waals surface area contributed by atoms with Gasteiger partial charge in [0.2, 0.25) is 0 Å². The number of methoxy groups -OCH3 is 1. The maximum atomic E-state index is 6.30. The van der Waals surface area contributed by atoms with Gasteiger partial charge in [-0.15, -0.1) is 0 Å². The highest BCUT2D eigenvalue weighted by molar-refractivity contribution is 7.80. The lowest BCUT2D eigenvalue weighted by atomic mass is 10.1. The molecule has 6 heteroatoms. The molecule has 0 atom stereocenters. The Morgan fingerprint density at radius 2 is 1.96 bits per heavy atom. The summed E-state index contributed by atoms with van der Waals surface area (Å²) >= 11 is 17.8. The number of nitrogens with zero attached hydrogens (tertiary/aromatic N) is 2. The van der Waals surface area contributed by atoms with E-state index < -0.39 is 0 Å². The molecule has 0 N–H and O–H groups in total. The zero-order valence-corrected chi connectivity index (χ0v) is 16.5. The maximum absolute atomic E-state index is 6.30. The van der Waals surface area contributed by atoms with Gasteiger partial charge in [0, 0.05) is 42.5 Å². The first-order valence-corrected chi connectivity index (χ1v) is 9.73. The molecule has 0 aliphatic heterocycles. The van der Waals surface area contributed by atoms with Crippen LogP contribution in [0.4, 0.5) is 5.69 Å². The molecule has 1 saturated carbocycles. The van der Waals surface area contributed by atoms with Gasteiger partial charge >= 0.3 is 0 Å². The molecule has 1 heterocycles. The molecule has 0 bridgehead atoms. The fourth-order valence-corrected chi connectivity index (χ4v) is 3.65. The van der Waals surface area contributed by atoms with E-state index in [2.05, 4.69) is 22.0 Å². The fraction of sp³-hybridized carbons (Fsp3) is 0.421. The van der Waals surface area contributed by atoms with E-state index in [1.807, 2.05) is 6.07 Å². The van der Waals surface area contributed by atoms with Crippen LogP contribution in [0.3, 0.4) is 0 Å². The van der Waals surface area contributed by atoms with Crippen molar-refractivity contribution < 1.29 is 4.74 Å². The molecular formula is C19H21Cl2N2OS. The molecule has 3 rings (SSSR count). The van der Waals surface area contributed by atoms with Crippen LogP contribution in [0, 0.1) is 5.92 Å². The third-order valence-electron chi connectivity index (χ3n) is 4.50. The van der Waals surface area contributed by atoms with E-state index in [0.29, 0.717) is 22.3 Å². The van der Waals surface area contributed by atoms with Crippen molar-refractivity contribution in [3.63, 3.8) is 0 Å². The van der Waals surface area contributed by atoms with Gasteiger partial charge in [-0.2, -0.15) is 0 Å². The van der Waals surface area contributed by atoms with Crippen molar-refractivity contribution in [3.8, 4) is 5.75 Å². The van der Waals surface area contributed by atoms with Crippen LogP contribution in [0.5, 0.6) is 5.75 Å². The Balaban J connectivity index is 1.89. The third-order valence-corrected chi connectivity index (χ3v) is 5.33. The Morgan fingerprint density at radius 1 is 1.24 bits per heavy atom. The molecule has 3 nitrogen and oxygen atoms in total. The van der Waals surface area contributed by atoms with Gasteiger partial charge < -0.3 is 9.64 Å². The van der Waals surface area contributed by atoms with Gasteiger partial charge in [0.1, 0.15) is 5.75 Å². The van der Waals surface area contributed by atoms with Crippen LogP contribution in [0.15, 0.2) is 30.6 Å². The summed E-state index contributed by atoms with van der Waals surface area (Å²) in [5.74, 6) is 2.37. The second-order valence-corrected chi connectivity index (χ2v) is 7.57. The molecule has 1 aromatic heterocycles. The quantitative estimate of drug-likeness (QED) is 0.585. The number of benzene rings is 1. The predicted molar refractivity (Wildman–Crippen MR) is 107 cm³/mol. The van der Waals surface area contributed by atoms with Gasteiger partial charge in [-0.1, -0.05) is 35.8 Å². The molecule has 0 unspecified atom stereocenters. The monoisotopic (exact) mass is 395 g/mol. The SMILES string of the molecule is COc1ccc(N(CC[S])Cc2c(Cl)cncc2Cl)cc1CC1CC1. The summed E-state index contributed by atoms with van der Waals surface area (Å²) < 4.78 is 5.54. The molecule has 1 radical (unpaired) electrons. The minimum absolute atomic E-state index is 0.577. The Hall–Kier alpha value is -1.10. The molecule has 0 spiro atoms. The number of halogens is 2. The second kappa shape index (κ2) is 8.52. The highest BCUT2D eigenvalue weighted by Gasteiger charge is 2.23. The topological polar surface area (TPSA) is 25.4 Å². The van der Waals surface area contributed by atoms with Crippen LogP contribution in [0.2, 0.25) is 10.0 Å². The fourth-order valence-electron chi connectivity index (χ4n) is 2.94. The normalized spacial score (nSPS) is 13.8. The molecule has 0 amide bonds. The largest absolute Gasteiger partial charge is 0.496 e. The average molecular weight is 396 g/mol. The summed E-state index contributed by atoms with van der Waals surface area (Å²) in [6.45, 7) is 1.35. The summed E-state index contributed by atoms with van der Waals surface area (Å²) in [7, 11) is 1.73. The summed E-state index contributed by atoms with van der Waals surface area (Å²) in [4.78, 5) is 6.25. The Bertz CT molecular complexity index is 717. The zero-order chi connectivity index (χ0) is 17.8. The Kier molecular flexibility index (Phi) is 6.37. The van der Waals surface area contributed by atoms with E-state index >= 15 is 0 Å². The van der Waals surface area contributed by atoms with E-state index in [1.54, 1.807) is 19.5 Å². The molecule has 0 saturated heterocycles. The van der Waals surface area contributed by atoms with Crippen molar-refractivity contribution in [2.45, 2.75) is 25.8 Å². The smallest absolute Gasteiger partial charge is 0.122 e. The van der Waals surface area contributed by atoms with Crippen LogP contribution in [0.25, 0.3) is 0 Å². The summed E-state index contributed by atoms with van der Waals surface area (Å²) in [6.07, 6.45) is 6.94. The summed E-state index contributed by atoms with van der Waals surface area (Å²) in [6, 6.07) is 6.33. The molecule has 1 aliphatic rings. The van der Waals surface area contributed by atoms with Gasteiger partial charge in [0.05, 0.1) is 17.2 Å². The van der Waals surface area contributed by atoms with Crippen molar-refractivity contribution in [2.24, 2.45) is 5.92 Å². The first kappa shape index (κ1) is 18.7. The number of hydrogen-bond acceptors (Lipinski definition) is 3. The average Bonchev–Trinajstić information content (AvgIpc) is 3.41. The van der Waals surface area contributed by atoms with Gasteiger partial charge in [-0.25, -0.2) is 0 Å². The number of ether oxygens (including phenoxy) is 1. The van der Waals surface area contributed by atoms with Crippen molar-refractivity contribution in [3.05, 3.63) is 51.8 Å². The van der Waals surface area contributed by atoms with Crippen molar-refractivity contribution in [1.82, 2.24) is 4.98 Å². The lowest BCUT2D eigenvalue weighted by Crippen LogP contribution is -2.25. The van der Waals surface area contributed by atoms with E-state index in [-0.39, 0.29) is 0 Å². The van der Waals surface area contributed by atoms with Crippen LogP contribution in [-0.4, -0.2) is 24.4 Å². The molecule has 25 heavy (non-hydrogen) atoms. The minimum atomic E-state index is 0.577. The van der Waals surface area contributed by atoms with Crippen LogP contribution < -0.4 is 9.64 Å². The number of rotatable bonds is 8. The lowest BCUT2D eigenvalue weighted by molar-refractivity contribution is 0.408. The molecular weight excluding hydrogens is 375 g/mol.